The number of methoxy groups -OCH3 is 1. The van der Waals surface area contributed by atoms with Crippen LogP contribution in [0.5, 0.6) is 11.5 Å². The molecular formula is C22H27NO4. The van der Waals surface area contributed by atoms with E-state index in [1.165, 1.54) is 0 Å². The number of likely N-dealkylation sites (tertiary alicyclic amines) is 1. The fraction of sp³-hybridized carbons (Fsp3) is 0.455. The Bertz CT molecular complexity index is 809. The number of hydrogen-bond donors (Lipinski definition) is 2. The van der Waals surface area contributed by atoms with Gasteiger partial charge in [-0.2, -0.15) is 0 Å². The Morgan fingerprint density at radius 3 is 2.96 bits per heavy atom. The summed E-state index contributed by atoms with van der Waals surface area (Å²) >= 11 is 0. The summed E-state index contributed by atoms with van der Waals surface area (Å²) in [5.74, 6) is 1.63. The van der Waals surface area contributed by atoms with Crippen LogP contribution in [0, 0.1) is 0 Å². The molecular weight excluding hydrogens is 342 g/mol. The van der Waals surface area contributed by atoms with Crippen LogP contribution in [0.2, 0.25) is 0 Å². The van der Waals surface area contributed by atoms with Gasteiger partial charge in [0.15, 0.2) is 0 Å². The highest BCUT2D eigenvalue weighted by molar-refractivity contribution is 5.41. The Kier molecular flexibility index (Phi) is 5.08. The molecule has 2 heterocycles. The maximum atomic E-state index is 11.3. The lowest BCUT2D eigenvalue weighted by Gasteiger charge is -2.40. The van der Waals surface area contributed by atoms with E-state index in [9.17, 15) is 10.2 Å². The first kappa shape index (κ1) is 18.3. The number of benzene rings is 2. The smallest absolute Gasteiger partial charge is 0.124 e. The van der Waals surface area contributed by atoms with Gasteiger partial charge in [0.25, 0.3) is 0 Å². The standard InChI is InChI=1S/C22H27NO4/c1-26-21-6-3-2-5-18(21)22(25)10-4-11-23(15-22)14-19(24)16-7-8-20-17(13-16)9-12-27-20/h2-3,5-8,13,19,24-25H,4,9-12,14-15H2,1H3/t19-,22-/m0/s1. The second kappa shape index (κ2) is 7.50. The van der Waals surface area contributed by atoms with E-state index in [1.54, 1.807) is 7.11 Å². The zero-order valence-corrected chi connectivity index (χ0v) is 15.7. The van der Waals surface area contributed by atoms with Gasteiger partial charge in [0.05, 0.1) is 19.8 Å². The van der Waals surface area contributed by atoms with Crippen molar-refractivity contribution in [2.24, 2.45) is 0 Å². The molecule has 27 heavy (non-hydrogen) atoms. The van der Waals surface area contributed by atoms with Gasteiger partial charge in [-0.15, -0.1) is 0 Å². The van der Waals surface area contributed by atoms with Crippen LogP contribution in [0.3, 0.4) is 0 Å². The summed E-state index contributed by atoms with van der Waals surface area (Å²) < 4.78 is 11.0. The molecule has 2 aromatic rings. The van der Waals surface area contributed by atoms with Crippen LogP contribution in [0.15, 0.2) is 42.5 Å². The molecule has 1 saturated heterocycles. The largest absolute Gasteiger partial charge is 0.496 e. The Morgan fingerprint density at radius 1 is 1.26 bits per heavy atom. The van der Waals surface area contributed by atoms with Gasteiger partial charge in [-0.05, 0) is 48.7 Å². The number of hydrogen-bond acceptors (Lipinski definition) is 5. The lowest BCUT2D eigenvalue weighted by molar-refractivity contribution is -0.0474. The van der Waals surface area contributed by atoms with Gasteiger partial charge in [-0.3, -0.25) is 4.90 Å². The van der Waals surface area contributed by atoms with Gasteiger partial charge in [0, 0.05) is 25.1 Å². The topological polar surface area (TPSA) is 62.2 Å². The van der Waals surface area contributed by atoms with Crippen molar-refractivity contribution in [1.82, 2.24) is 4.90 Å². The predicted octanol–water partition coefficient (Wildman–Crippen LogP) is 2.65. The van der Waals surface area contributed by atoms with Crippen LogP contribution in [0.4, 0.5) is 0 Å². The molecule has 0 unspecified atom stereocenters. The number of piperidine rings is 1. The molecule has 0 spiro atoms. The first-order valence-corrected chi connectivity index (χ1v) is 9.61. The highest BCUT2D eigenvalue weighted by Gasteiger charge is 2.37. The molecule has 4 rings (SSSR count). The van der Waals surface area contributed by atoms with Crippen molar-refractivity contribution >= 4 is 0 Å². The molecule has 0 bridgehead atoms. The molecule has 0 aliphatic carbocycles. The number of aliphatic hydroxyl groups excluding tert-OH is 1. The third-order valence-corrected chi connectivity index (χ3v) is 5.69. The molecule has 2 atom stereocenters. The van der Waals surface area contributed by atoms with E-state index in [2.05, 4.69) is 4.90 Å². The average Bonchev–Trinajstić information content (AvgIpc) is 3.16. The summed E-state index contributed by atoms with van der Waals surface area (Å²) in [6.07, 6.45) is 1.87. The number of rotatable bonds is 5. The van der Waals surface area contributed by atoms with Gasteiger partial charge in [0.2, 0.25) is 0 Å². The summed E-state index contributed by atoms with van der Waals surface area (Å²) in [5.41, 5.74) is 1.93. The lowest BCUT2D eigenvalue weighted by Crippen LogP contribution is -2.47. The number of para-hydroxylation sites is 1. The third kappa shape index (κ3) is 3.68. The SMILES string of the molecule is COc1ccccc1[C@]1(O)CCCN(C[C@H](O)c2ccc3c(c2)CCO3)C1. The predicted molar refractivity (Wildman–Crippen MR) is 103 cm³/mol. The minimum Gasteiger partial charge on any atom is -0.496 e. The Hall–Kier alpha value is -2.08. The van der Waals surface area contributed by atoms with E-state index in [-0.39, 0.29) is 0 Å². The van der Waals surface area contributed by atoms with Crippen molar-refractivity contribution < 1.29 is 19.7 Å². The Morgan fingerprint density at radius 2 is 2.11 bits per heavy atom. The molecule has 2 aliphatic heterocycles. The maximum absolute atomic E-state index is 11.3. The zero-order valence-electron chi connectivity index (χ0n) is 15.7. The van der Waals surface area contributed by atoms with Gasteiger partial charge in [-0.1, -0.05) is 24.3 Å². The molecule has 2 N–H and O–H groups in total. The van der Waals surface area contributed by atoms with Crippen molar-refractivity contribution in [2.75, 3.05) is 33.4 Å². The molecule has 5 nitrogen and oxygen atoms in total. The van der Waals surface area contributed by atoms with E-state index in [1.807, 2.05) is 42.5 Å². The molecule has 144 valence electrons. The van der Waals surface area contributed by atoms with Gasteiger partial charge >= 0.3 is 0 Å². The minimum atomic E-state index is -0.962. The Balaban J connectivity index is 1.48. The third-order valence-electron chi connectivity index (χ3n) is 5.69. The van der Waals surface area contributed by atoms with E-state index in [0.29, 0.717) is 31.9 Å². The molecule has 0 radical (unpaired) electrons. The quantitative estimate of drug-likeness (QED) is 0.848. The monoisotopic (exact) mass is 369 g/mol. The lowest BCUT2D eigenvalue weighted by atomic mass is 9.85. The van der Waals surface area contributed by atoms with Gasteiger partial charge in [0.1, 0.15) is 17.1 Å². The molecule has 5 heteroatoms. The first-order valence-electron chi connectivity index (χ1n) is 9.61. The number of ether oxygens (including phenoxy) is 2. The molecule has 2 aromatic carbocycles. The first-order chi connectivity index (χ1) is 13.1. The fourth-order valence-electron chi connectivity index (χ4n) is 4.29. The summed E-state index contributed by atoms with van der Waals surface area (Å²) in [6.45, 7) is 2.56. The summed E-state index contributed by atoms with van der Waals surface area (Å²) in [6, 6.07) is 13.6. The molecule has 0 saturated carbocycles. The molecule has 1 fully saturated rings. The van der Waals surface area contributed by atoms with E-state index < -0.39 is 11.7 Å². The normalized spacial score (nSPS) is 23.5. The van der Waals surface area contributed by atoms with Gasteiger partial charge in [-0.25, -0.2) is 0 Å². The van der Waals surface area contributed by atoms with E-state index in [0.717, 1.165) is 41.8 Å². The fourth-order valence-corrected chi connectivity index (χ4v) is 4.29. The second-order valence-corrected chi connectivity index (χ2v) is 7.55. The van der Waals surface area contributed by atoms with Crippen molar-refractivity contribution in [2.45, 2.75) is 31.0 Å². The highest BCUT2D eigenvalue weighted by Crippen LogP contribution is 2.37. The van der Waals surface area contributed by atoms with E-state index >= 15 is 0 Å². The summed E-state index contributed by atoms with van der Waals surface area (Å²) in [5, 5.41) is 22.1. The number of fused-ring (bicyclic) bond motifs is 1. The average molecular weight is 369 g/mol. The molecule has 0 amide bonds. The highest BCUT2D eigenvalue weighted by atomic mass is 16.5. The van der Waals surface area contributed by atoms with Gasteiger partial charge < -0.3 is 19.7 Å². The van der Waals surface area contributed by atoms with Crippen LogP contribution in [0.25, 0.3) is 0 Å². The van der Waals surface area contributed by atoms with Crippen molar-refractivity contribution in [3.8, 4) is 11.5 Å². The van der Waals surface area contributed by atoms with Crippen LogP contribution in [-0.4, -0.2) is 48.5 Å². The minimum absolute atomic E-state index is 0.485. The molecule has 0 aromatic heterocycles. The van der Waals surface area contributed by atoms with Crippen molar-refractivity contribution in [1.29, 1.82) is 0 Å². The summed E-state index contributed by atoms with van der Waals surface area (Å²) in [7, 11) is 1.63. The summed E-state index contributed by atoms with van der Waals surface area (Å²) in [4.78, 5) is 2.14. The second-order valence-electron chi connectivity index (χ2n) is 7.55. The van der Waals surface area contributed by atoms with Crippen LogP contribution >= 0.6 is 0 Å². The Labute approximate surface area is 160 Å². The van der Waals surface area contributed by atoms with Crippen LogP contribution < -0.4 is 9.47 Å². The number of aliphatic hydroxyl groups is 2. The number of β-amino-alcohol motifs (C(OH)–C–C–N with tert-alkyl or cyclic N) is 2. The van der Waals surface area contributed by atoms with Crippen LogP contribution in [0.1, 0.15) is 35.6 Å². The zero-order chi connectivity index (χ0) is 18.9. The van der Waals surface area contributed by atoms with Crippen molar-refractivity contribution in [3.63, 3.8) is 0 Å². The van der Waals surface area contributed by atoms with Crippen LogP contribution in [-0.2, 0) is 12.0 Å². The van der Waals surface area contributed by atoms with Crippen molar-refractivity contribution in [3.05, 3.63) is 59.2 Å². The van der Waals surface area contributed by atoms with E-state index in [4.69, 9.17) is 9.47 Å². The molecule has 2 aliphatic rings. The number of nitrogens with zero attached hydrogens (tertiary/aromatic N) is 1. The maximum Gasteiger partial charge on any atom is 0.124 e.